The normalized spacial score (nSPS) is 20.0. The second-order valence-corrected chi connectivity index (χ2v) is 8.67. The largest absolute Gasteiger partial charge is 0.356 e. The maximum Gasteiger partial charge on any atom is 0.191 e. The van der Waals surface area contributed by atoms with Gasteiger partial charge in [-0.3, -0.25) is 9.89 Å². The summed E-state index contributed by atoms with van der Waals surface area (Å²) >= 11 is 0. The van der Waals surface area contributed by atoms with Gasteiger partial charge in [-0.2, -0.15) is 0 Å². The molecule has 1 aromatic carbocycles. The zero-order chi connectivity index (χ0) is 20.3. The Morgan fingerprint density at radius 1 is 0.931 bits per heavy atom. The van der Waals surface area contributed by atoms with Gasteiger partial charge in [-0.15, -0.1) is 0 Å². The quantitative estimate of drug-likeness (QED) is 0.519. The number of guanidine groups is 1. The van der Waals surface area contributed by atoms with Crippen LogP contribution < -0.4 is 10.6 Å². The van der Waals surface area contributed by atoms with Crippen molar-refractivity contribution in [2.75, 3.05) is 46.3 Å². The molecule has 5 heteroatoms. The van der Waals surface area contributed by atoms with E-state index in [2.05, 4.69) is 56.6 Å². The highest BCUT2D eigenvalue weighted by molar-refractivity contribution is 5.79. The molecule has 0 aromatic heterocycles. The molecule has 0 aliphatic carbocycles. The van der Waals surface area contributed by atoms with E-state index in [4.69, 9.17) is 0 Å². The molecule has 0 amide bonds. The molecule has 0 spiro atoms. The van der Waals surface area contributed by atoms with Gasteiger partial charge in [0.15, 0.2) is 5.96 Å². The summed E-state index contributed by atoms with van der Waals surface area (Å²) < 4.78 is 0. The molecule has 2 N–H and O–H groups in total. The van der Waals surface area contributed by atoms with E-state index in [0.717, 1.165) is 31.5 Å². The molecule has 5 nitrogen and oxygen atoms in total. The van der Waals surface area contributed by atoms with E-state index >= 15 is 0 Å². The minimum absolute atomic E-state index is 0.818. The van der Waals surface area contributed by atoms with Gasteiger partial charge in [0.05, 0.1) is 0 Å². The van der Waals surface area contributed by atoms with Crippen molar-refractivity contribution in [1.82, 2.24) is 20.4 Å². The van der Waals surface area contributed by atoms with Crippen LogP contribution in [-0.2, 0) is 13.1 Å². The first-order valence-electron chi connectivity index (χ1n) is 11.7. The topological polar surface area (TPSA) is 42.9 Å². The lowest BCUT2D eigenvalue weighted by molar-refractivity contribution is 0.187. The van der Waals surface area contributed by atoms with Gasteiger partial charge in [0.1, 0.15) is 0 Å². The lowest BCUT2D eigenvalue weighted by atomic mass is 9.93. The van der Waals surface area contributed by atoms with E-state index in [9.17, 15) is 0 Å². The molecule has 2 heterocycles. The molecule has 0 atom stereocenters. The van der Waals surface area contributed by atoms with E-state index < -0.39 is 0 Å². The average Bonchev–Trinajstić information content (AvgIpc) is 2.78. The molecule has 162 valence electrons. The first-order valence-corrected chi connectivity index (χ1v) is 11.7. The van der Waals surface area contributed by atoms with E-state index in [1.54, 1.807) is 0 Å². The minimum atomic E-state index is 0.818. The fourth-order valence-electron chi connectivity index (χ4n) is 4.53. The molecule has 3 rings (SSSR count). The molecule has 0 bridgehead atoms. The molecule has 2 fully saturated rings. The summed E-state index contributed by atoms with van der Waals surface area (Å²) in [6.45, 7) is 11.4. The second kappa shape index (κ2) is 12.2. The first-order chi connectivity index (χ1) is 14.3. The molecular weight excluding hydrogens is 358 g/mol. The fraction of sp³-hybridized carbons (Fsp3) is 0.708. The highest BCUT2D eigenvalue weighted by Crippen LogP contribution is 2.19. The minimum Gasteiger partial charge on any atom is -0.356 e. The number of benzene rings is 1. The van der Waals surface area contributed by atoms with E-state index in [0.29, 0.717) is 0 Å². The molecule has 0 unspecified atom stereocenters. The van der Waals surface area contributed by atoms with Crippen molar-refractivity contribution >= 4 is 5.96 Å². The van der Waals surface area contributed by atoms with E-state index in [1.165, 1.54) is 82.4 Å². The molecule has 29 heavy (non-hydrogen) atoms. The number of rotatable bonds is 8. The van der Waals surface area contributed by atoms with Crippen molar-refractivity contribution < 1.29 is 0 Å². The lowest BCUT2D eigenvalue weighted by Gasteiger charge is -2.31. The van der Waals surface area contributed by atoms with Gasteiger partial charge in [-0.05, 0) is 81.9 Å². The second-order valence-electron chi connectivity index (χ2n) is 8.67. The third kappa shape index (κ3) is 7.63. The Bertz CT molecular complexity index is 598. The number of hydrogen-bond donors (Lipinski definition) is 2. The summed E-state index contributed by atoms with van der Waals surface area (Å²) in [5.41, 5.74) is 2.73. The predicted molar refractivity (Wildman–Crippen MR) is 123 cm³/mol. The third-order valence-electron chi connectivity index (χ3n) is 6.56. The van der Waals surface area contributed by atoms with Crippen molar-refractivity contribution in [1.29, 1.82) is 0 Å². The van der Waals surface area contributed by atoms with Crippen LogP contribution in [0.25, 0.3) is 0 Å². The average molecular weight is 400 g/mol. The number of aliphatic imine (C=N–C) groups is 1. The van der Waals surface area contributed by atoms with Crippen LogP contribution in [0.3, 0.4) is 0 Å². The fourth-order valence-corrected chi connectivity index (χ4v) is 4.53. The molecule has 1 aromatic rings. The Kier molecular flexibility index (Phi) is 9.29. The summed E-state index contributed by atoms with van der Waals surface area (Å²) in [5, 5.41) is 6.96. The summed E-state index contributed by atoms with van der Waals surface area (Å²) in [6, 6.07) is 9.07. The van der Waals surface area contributed by atoms with Crippen LogP contribution in [0.1, 0.15) is 56.6 Å². The molecule has 2 saturated heterocycles. The monoisotopic (exact) mass is 399 g/mol. The Morgan fingerprint density at radius 3 is 2.28 bits per heavy atom. The van der Waals surface area contributed by atoms with Crippen molar-refractivity contribution in [3.63, 3.8) is 0 Å². The van der Waals surface area contributed by atoms with Crippen LogP contribution in [-0.4, -0.2) is 62.1 Å². The Balaban J connectivity index is 1.33. The Hall–Kier alpha value is -1.59. The van der Waals surface area contributed by atoms with Crippen LogP contribution in [0.2, 0.25) is 0 Å². The van der Waals surface area contributed by atoms with Gasteiger partial charge >= 0.3 is 0 Å². The lowest BCUT2D eigenvalue weighted by Crippen LogP contribution is -2.39. The van der Waals surface area contributed by atoms with E-state index in [1.807, 2.05) is 7.05 Å². The summed E-state index contributed by atoms with van der Waals surface area (Å²) in [5.74, 6) is 1.77. The van der Waals surface area contributed by atoms with Crippen molar-refractivity contribution in [2.24, 2.45) is 10.9 Å². The van der Waals surface area contributed by atoms with E-state index in [-0.39, 0.29) is 0 Å². The van der Waals surface area contributed by atoms with Gasteiger partial charge in [0.2, 0.25) is 0 Å². The molecule has 2 aliphatic rings. The predicted octanol–water partition coefficient (Wildman–Crippen LogP) is 3.46. The maximum absolute atomic E-state index is 4.39. The standard InChI is InChI=1S/C24H41N5/c1-3-28-17-12-21(13-18-28)11-14-26-24(25-2)27-19-22-7-9-23(10-8-22)20-29-15-5-4-6-16-29/h7-10,21H,3-6,11-20H2,1-2H3,(H2,25,26,27). The molecular formula is C24H41N5. The summed E-state index contributed by atoms with van der Waals surface area (Å²) in [7, 11) is 1.86. The molecule has 2 aliphatic heterocycles. The molecule has 0 radical (unpaired) electrons. The van der Waals surface area contributed by atoms with Gasteiger partial charge in [-0.1, -0.05) is 37.6 Å². The SMILES string of the molecule is CCN1CCC(CCNC(=NC)NCc2ccc(CN3CCCCC3)cc2)CC1. The Morgan fingerprint density at radius 2 is 1.62 bits per heavy atom. The third-order valence-corrected chi connectivity index (χ3v) is 6.56. The van der Waals surface area contributed by atoms with Crippen LogP contribution >= 0.6 is 0 Å². The zero-order valence-corrected chi connectivity index (χ0v) is 18.6. The number of nitrogens with zero attached hydrogens (tertiary/aromatic N) is 3. The Labute approximate surface area is 178 Å². The van der Waals surface area contributed by atoms with Crippen LogP contribution in [0.15, 0.2) is 29.3 Å². The highest BCUT2D eigenvalue weighted by Gasteiger charge is 2.17. The first kappa shape index (κ1) is 22.1. The molecule has 0 saturated carbocycles. The number of piperidine rings is 2. The van der Waals surface area contributed by atoms with Crippen molar-refractivity contribution in [3.05, 3.63) is 35.4 Å². The summed E-state index contributed by atoms with van der Waals surface area (Å²) in [4.78, 5) is 9.52. The highest BCUT2D eigenvalue weighted by atomic mass is 15.2. The van der Waals surface area contributed by atoms with Gasteiger partial charge in [-0.25, -0.2) is 0 Å². The smallest absolute Gasteiger partial charge is 0.191 e. The van der Waals surface area contributed by atoms with Crippen LogP contribution in [0.4, 0.5) is 0 Å². The van der Waals surface area contributed by atoms with Crippen LogP contribution in [0, 0.1) is 5.92 Å². The maximum atomic E-state index is 4.39. The van der Waals surface area contributed by atoms with Gasteiger partial charge < -0.3 is 15.5 Å². The number of hydrogen-bond acceptors (Lipinski definition) is 3. The number of nitrogens with one attached hydrogen (secondary N) is 2. The van der Waals surface area contributed by atoms with Gasteiger partial charge in [0.25, 0.3) is 0 Å². The zero-order valence-electron chi connectivity index (χ0n) is 18.6. The van der Waals surface area contributed by atoms with Gasteiger partial charge in [0, 0.05) is 26.7 Å². The van der Waals surface area contributed by atoms with Crippen molar-refractivity contribution in [3.8, 4) is 0 Å². The van der Waals surface area contributed by atoms with Crippen LogP contribution in [0.5, 0.6) is 0 Å². The summed E-state index contributed by atoms with van der Waals surface area (Å²) in [6.07, 6.45) is 8.02. The van der Waals surface area contributed by atoms with Crippen molar-refractivity contribution in [2.45, 2.75) is 58.5 Å². The number of likely N-dealkylation sites (tertiary alicyclic amines) is 2.